The minimum Gasteiger partial charge on any atom is -0.480 e. The molecule has 1 rings (SSSR count). The Morgan fingerprint density at radius 3 is 2.55 bits per heavy atom. The summed E-state index contributed by atoms with van der Waals surface area (Å²) in [6.07, 6.45) is -0.0646. The molecule has 0 spiro atoms. The van der Waals surface area contributed by atoms with Gasteiger partial charge >= 0.3 is 18.0 Å². The summed E-state index contributed by atoms with van der Waals surface area (Å²) in [5.74, 6) is -2.02. The topological polar surface area (TPSA) is 116 Å². The number of esters is 1. The number of carbonyl (C=O) groups excluding carboxylic acids is 2. The number of carboxylic acids is 1. The third-order valence-corrected chi connectivity index (χ3v) is 3.42. The van der Waals surface area contributed by atoms with Crippen molar-refractivity contribution in [1.82, 2.24) is 10.2 Å². The van der Waals surface area contributed by atoms with E-state index >= 15 is 0 Å². The normalized spacial score (nSPS) is 23.2. The maximum Gasteiger partial charge on any atom is 0.326 e. The molecule has 3 N–H and O–H groups in total. The van der Waals surface area contributed by atoms with Crippen LogP contribution in [0.15, 0.2) is 0 Å². The third-order valence-electron chi connectivity index (χ3n) is 3.42. The quantitative estimate of drug-likeness (QED) is 0.574. The Kier molecular flexibility index (Phi) is 5.75. The lowest BCUT2D eigenvalue weighted by atomic mass is 9.99. The van der Waals surface area contributed by atoms with Crippen LogP contribution < -0.4 is 5.32 Å². The zero-order valence-corrected chi connectivity index (χ0v) is 11.5. The van der Waals surface area contributed by atoms with Crippen LogP contribution in [0, 0.1) is 11.8 Å². The van der Waals surface area contributed by atoms with Crippen LogP contribution in [0.25, 0.3) is 0 Å². The van der Waals surface area contributed by atoms with Gasteiger partial charge < -0.3 is 25.2 Å². The summed E-state index contributed by atoms with van der Waals surface area (Å²) in [4.78, 5) is 35.8. The van der Waals surface area contributed by atoms with Crippen molar-refractivity contribution in [3.8, 4) is 0 Å². The standard InChI is InChI=1S/C12H20N2O6/c1-7-5-14(6-8(7)11(18)20-2)12(19)13-9(3-4-15)10(16)17/h7-9,15H,3-6H2,1-2H3,(H,13,19)(H,16,17)/t7?,8?,9-/m1/s1. The predicted molar refractivity (Wildman–Crippen MR) is 67.9 cm³/mol. The molecule has 0 aliphatic carbocycles. The molecule has 8 nitrogen and oxygen atoms in total. The summed E-state index contributed by atoms with van der Waals surface area (Å²) in [6.45, 7) is 2.05. The molecule has 0 radical (unpaired) electrons. The zero-order valence-electron chi connectivity index (χ0n) is 11.5. The molecule has 0 saturated carbocycles. The first-order valence-corrected chi connectivity index (χ1v) is 6.37. The maximum absolute atomic E-state index is 12.0. The monoisotopic (exact) mass is 288 g/mol. The molecule has 1 heterocycles. The van der Waals surface area contributed by atoms with Crippen LogP contribution >= 0.6 is 0 Å². The van der Waals surface area contributed by atoms with Crippen molar-refractivity contribution in [3.63, 3.8) is 0 Å². The second-order valence-electron chi connectivity index (χ2n) is 4.86. The van der Waals surface area contributed by atoms with E-state index in [1.165, 1.54) is 12.0 Å². The number of hydrogen-bond donors (Lipinski definition) is 3. The molecule has 1 aliphatic rings. The second kappa shape index (κ2) is 7.09. The van der Waals surface area contributed by atoms with Gasteiger partial charge in [-0.2, -0.15) is 0 Å². The van der Waals surface area contributed by atoms with E-state index in [2.05, 4.69) is 10.1 Å². The smallest absolute Gasteiger partial charge is 0.326 e. The molecule has 20 heavy (non-hydrogen) atoms. The number of carboxylic acid groups (broad SMARTS) is 1. The van der Waals surface area contributed by atoms with Crippen LogP contribution in [0.2, 0.25) is 0 Å². The SMILES string of the molecule is COC(=O)C1CN(C(=O)N[C@H](CCO)C(=O)O)CC1C. The number of aliphatic hydroxyl groups is 1. The van der Waals surface area contributed by atoms with Gasteiger partial charge in [-0.05, 0) is 5.92 Å². The molecule has 3 atom stereocenters. The van der Waals surface area contributed by atoms with Gasteiger partial charge in [-0.3, -0.25) is 4.79 Å². The Labute approximate surface area is 116 Å². The summed E-state index contributed by atoms with van der Waals surface area (Å²) < 4.78 is 4.67. The van der Waals surface area contributed by atoms with Crippen LogP contribution in [0.4, 0.5) is 4.79 Å². The van der Waals surface area contributed by atoms with Crippen molar-refractivity contribution >= 4 is 18.0 Å². The van der Waals surface area contributed by atoms with Gasteiger partial charge in [0.15, 0.2) is 0 Å². The minimum atomic E-state index is -1.20. The molecule has 1 fully saturated rings. The summed E-state index contributed by atoms with van der Waals surface area (Å²) in [7, 11) is 1.29. The van der Waals surface area contributed by atoms with E-state index in [0.29, 0.717) is 6.54 Å². The Balaban J connectivity index is 2.61. The molecule has 0 aromatic rings. The van der Waals surface area contributed by atoms with Crippen LogP contribution in [0.3, 0.4) is 0 Å². The van der Waals surface area contributed by atoms with Crippen LogP contribution in [-0.4, -0.2) is 65.9 Å². The Morgan fingerprint density at radius 1 is 1.40 bits per heavy atom. The van der Waals surface area contributed by atoms with Crippen molar-refractivity contribution in [1.29, 1.82) is 0 Å². The maximum atomic E-state index is 12.0. The molecule has 2 amide bonds. The summed E-state index contributed by atoms with van der Waals surface area (Å²) >= 11 is 0. The first-order chi connectivity index (χ1) is 9.40. The van der Waals surface area contributed by atoms with E-state index in [4.69, 9.17) is 10.2 Å². The van der Waals surface area contributed by atoms with E-state index in [1.54, 1.807) is 0 Å². The Hall–Kier alpha value is -1.83. The summed E-state index contributed by atoms with van der Waals surface area (Å²) in [6, 6.07) is -1.69. The number of methoxy groups -OCH3 is 1. The van der Waals surface area contributed by atoms with Gasteiger partial charge in [-0.1, -0.05) is 6.92 Å². The molecule has 0 bridgehead atoms. The van der Waals surface area contributed by atoms with E-state index in [-0.39, 0.29) is 31.5 Å². The van der Waals surface area contributed by atoms with E-state index in [1.807, 2.05) is 6.92 Å². The number of nitrogens with zero attached hydrogens (tertiary/aromatic N) is 1. The van der Waals surface area contributed by atoms with E-state index < -0.39 is 24.0 Å². The van der Waals surface area contributed by atoms with Gasteiger partial charge in [0.25, 0.3) is 0 Å². The highest BCUT2D eigenvalue weighted by Gasteiger charge is 2.38. The molecular formula is C12H20N2O6. The highest BCUT2D eigenvalue weighted by Crippen LogP contribution is 2.24. The Morgan fingerprint density at radius 2 is 2.05 bits per heavy atom. The highest BCUT2D eigenvalue weighted by molar-refractivity contribution is 5.83. The summed E-state index contributed by atoms with van der Waals surface area (Å²) in [5, 5.41) is 20.0. The number of carbonyl (C=O) groups is 3. The summed E-state index contributed by atoms with van der Waals surface area (Å²) in [5.41, 5.74) is 0. The van der Waals surface area contributed by atoms with Gasteiger partial charge in [-0.25, -0.2) is 9.59 Å². The van der Waals surface area contributed by atoms with E-state index in [0.717, 1.165) is 0 Å². The number of urea groups is 1. The second-order valence-corrected chi connectivity index (χ2v) is 4.86. The lowest BCUT2D eigenvalue weighted by molar-refractivity contribution is -0.146. The number of rotatable bonds is 5. The predicted octanol–water partition coefficient (Wildman–Crippen LogP) is -0.727. The number of amides is 2. The number of aliphatic carboxylic acids is 1. The van der Waals surface area contributed by atoms with Crippen LogP contribution in [-0.2, 0) is 14.3 Å². The van der Waals surface area contributed by atoms with Crippen molar-refractivity contribution in [3.05, 3.63) is 0 Å². The molecular weight excluding hydrogens is 268 g/mol. The molecule has 2 unspecified atom stereocenters. The highest BCUT2D eigenvalue weighted by atomic mass is 16.5. The van der Waals surface area contributed by atoms with Gasteiger partial charge in [0.1, 0.15) is 6.04 Å². The molecule has 8 heteroatoms. The number of aliphatic hydroxyl groups excluding tert-OH is 1. The lowest BCUT2D eigenvalue weighted by Crippen LogP contribution is -2.47. The third kappa shape index (κ3) is 3.83. The van der Waals surface area contributed by atoms with Gasteiger partial charge in [0.05, 0.1) is 13.0 Å². The first-order valence-electron chi connectivity index (χ1n) is 6.37. The van der Waals surface area contributed by atoms with Crippen molar-refractivity contribution < 1.29 is 29.3 Å². The lowest BCUT2D eigenvalue weighted by Gasteiger charge is -2.20. The van der Waals surface area contributed by atoms with Crippen molar-refractivity contribution in [2.75, 3.05) is 26.8 Å². The average molecular weight is 288 g/mol. The van der Waals surface area contributed by atoms with Crippen LogP contribution in [0.1, 0.15) is 13.3 Å². The number of ether oxygens (including phenoxy) is 1. The number of nitrogens with one attached hydrogen (secondary N) is 1. The first kappa shape index (κ1) is 16.2. The molecule has 1 aliphatic heterocycles. The van der Waals surface area contributed by atoms with E-state index in [9.17, 15) is 14.4 Å². The number of likely N-dealkylation sites (tertiary alicyclic amines) is 1. The van der Waals surface area contributed by atoms with Gasteiger partial charge in [0.2, 0.25) is 0 Å². The Bertz CT molecular complexity index is 386. The fourth-order valence-electron chi connectivity index (χ4n) is 2.22. The average Bonchev–Trinajstić information content (AvgIpc) is 2.79. The van der Waals surface area contributed by atoms with Crippen LogP contribution in [0.5, 0.6) is 0 Å². The molecule has 0 aromatic carbocycles. The molecule has 1 saturated heterocycles. The molecule has 0 aromatic heterocycles. The van der Waals surface area contributed by atoms with Crippen molar-refractivity contribution in [2.45, 2.75) is 19.4 Å². The zero-order chi connectivity index (χ0) is 15.3. The molecule has 114 valence electrons. The van der Waals surface area contributed by atoms with Crippen molar-refractivity contribution in [2.24, 2.45) is 11.8 Å². The fourth-order valence-corrected chi connectivity index (χ4v) is 2.22. The minimum absolute atomic E-state index is 0.0469. The number of hydrogen-bond acceptors (Lipinski definition) is 5. The van der Waals surface area contributed by atoms with Gasteiger partial charge in [0, 0.05) is 26.1 Å². The van der Waals surface area contributed by atoms with Gasteiger partial charge in [-0.15, -0.1) is 0 Å². The largest absolute Gasteiger partial charge is 0.480 e. The fraction of sp³-hybridized carbons (Fsp3) is 0.750.